The Bertz CT molecular complexity index is 1080. The first-order chi connectivity index (χ1) is 16.4. The highest BCUT2D eigenvalue weighted by Crippen LogP contribution is 2.41. The number of aliphatic hydroxyl groups excluding tert-OH is 1. The van der Waals surface area contributed by atoms with Crippen LogP contribution in [0.1, 0.15) is 31.0 Å². The molecule has 0 saturated heterocycles. The Labute approximate surface area is 200 Å². The fourth-order valence-corrected chi connectivity index (χ4v) is 3.85. The summed E-state index contributed by atoms with van der Waals surface area (Å²) >= 11 is 0. The number of aliphatic hydroxyl groups is 1. The van der Waals surface area contributed by atoms with E-state index in [0.29, 0.717) is 43.4 Å². The van der Waals surface area contributed by atoms with E-state index in [1.807, 2.05) is 63.2 Å². The van der Waals surface area contributed by atoms with Gasteiger partial charge in [-0.3, -0.25) is 9.59 Å². The normalized spacial score (nSPS) is 16.1. The van der Waals surface area contributed by atoms with Gasteiger partial charge < -0.3 is 24.4 Å². The molecule has 1 atom stereocenters. The number of carbonyl (C=O) groups excluding carboxylic acids is 2. The zero-order chi connectivity index (χ0) is 24.7. The molecule has 1 unspecified atom stereocenters. The summed E-state index contributed by atoms with van der Waals surface area (Å²) in [7, 11) is 3.81. The van der Waals surface area contributed by atoms with Gasteiger partial charge in [0.1, 0.15) is 0 Å². The molecule has 0 bridgehead atoms. The van der Waals surface area contributed by atoms with Gasteiger partial charge in [-0.2, -0.15) is 0 Å². The van der Waals surface area contributed by atoms with Crippen LogP contribution >= 0.6 is 0 Å². The molecule has 2 aromatic rings. The number of ether oxygens (including phenoxy) is 2. The van der Waals surface area contributed by atoms with Crippen molar-refractivity contribution in [2.75, 3.05) is 40.4 Å². The molecule has 7 nitrogen and oxygen atoms in total. The van der Waals surface area contributed by atoms with Crippen molar-refractivity contribution in [3.8, 4) is 11.5 Å². The molecule has 7 heteroatoms. The van der Waals surface area contributed by atoms with Gasteiger partial charge in [0.15, 0.2) is 23.0 Å². The predicted molar refractivity (Wildman–Crippen MR) is 132 cm³/mol. The Balaban J connectivity index is 2.04. The molecule has 0 aromatic heterocycles. The lowest BCUT2D eigenvalue weighted by molar-refractivity contribution is -0.129. The number of nitrogens with zero attached hydrogens (tertiary/aromatic N) is 2. The Hall–Kier alpha value is -3.58. The van der Waals surface area contributed by atoms with Crippen molar-refractivity contribution >= 4 is 17.8 Å². The summed E-state index contributed by atoms with van der Waals surface area (Å²) in [5, 5.41) is 10.8. The standard InChI is InChI=1S/C27H32N2O5/c1-5-33-22-15-13-20(18-23(22)34-6-2)25-24(21(30)14-12-19-10-8-7-9-11-19)26(31)27(32)29(25)17-16-28(3)4/h7-15,18,25,31H,5-6,16-17H2,1-4H3/b14-12+. The van der Waals surface area contributed by atoms with E-state index in [1.165, 1.54) is 11.0 Å². The van der Waals surface area contributed by atoms with E-state index in [0.717, 1.165) is 5.56 Å². The number of benzene rings is 2. The van der Waals surface area contributed by atoms with Crippen LogP contribution in [0.2, 0.25) is 0 Å². The van der Waals surface area contributed by atoms with Crippen LogP contribution in [0.5, 0.6) is 11.5 Å². The Morgan fingerprint density at radius 2 is 1.74 bits per heavy atom. The van der Waals surface area contributed by atoms with Crippen LogP contribution in [0.3, 0.4) is 0 Å². The molecule has 2 aromatic carbocycles. The third kappa shape index (κ3) is 5.66. The van der Waals surface area contributed by atoms with Crippen LogP contribution in [0.4, 0.5) is 0 Å². The van der Waals surface area contributed by atoms with Gasteiger partial charge in [-0.25, -0.2) is 0 Å². The van der Waals surface area contributed by atoms with Gasteiger partial charge in [-0.05, 0) is 57.3 Å². The molecule has 1 aliphatic rings. The lowest BCUT2D eigenvalue weighted by Gasteiger charge is -2.28. The smallest absolute Gasteiger partial charge is 0.290 e. The maximum Gasteiger partial charge on any atom is 0.290 e. The van der Waals surface area contributed by atoms with Crippen molar-refractivity contribution in [2.45, 2.75) is 19.9 Å². The van der Waals surface area contributed by atoms with Crippen LogP contribution in [-0.4, -0.2) is 67.0 Å². The second kappa shape index (κ2) is 11.5. The number of ketones is 1. The zero-order valence-corrected chi connectivity index (χ0v) is 20.2. The number of likely N-dealkylation sites (N-methyl/N-ethyl adjacent to an activating group) is 1. The third-order valence-corrected chi connectivity index (χ3v) is 5.47. The zero-order valence-electron chi connectivity index (χ0n) is 20.2. The first-order valence-corrected chi connectivity index (χ1v) is 11.4. The van der Waals surface area contributed by atoms with Gasteiger partial charge >= 0.3 is 0 Å². The van der Waals surface area contributed by atoms with Gasteiger partial charge in [-0.15, -0.1) is 0 Å². The molecule has 0 saturated carbocycles. The quantitative estimate of drug-likeness (QED) is 0.506. The first-order valence-electron chi connectivity index (χ1n) is 11.4. The fraction of sp³-hybridized carbons (Fsp3) is 0.333. The molecule has 34 heavy (non-hydrogen) atoms. The van der Waals surface area contributed by atoms with Crippen LogP contribution in [0.25, 0.3) is 6.08 Å². The topological polar surface area (TPSA) is 79.3 Å². The number of amides is 1. The summed E-state index contributed by atoms with van der Waals surface area (Å²) in [4.78, 5) is 29.8. The highest BCUT2D eigenvalue weighted by Gasteiger charge is 2.43. The summed E-state index contributed by atoms with van der Waals surface area (Å²) in [5.74, 6) is -0.380. The molecule has 1 aliphatic heterocycles. The Kier molecular flexibility index (Phi) is 8.49. The predicted octanol–water partition coefficient (Wildman–Crippen LogP) is 4.02. The van der Waals surface area contributed by atoms with E-state index in [4.69, 9.17) is 9.47 Å². The molecule has 1 heterocycles. The van der Waals surface area contributed by atoms with Gasteiger partial charge in [-0.1, -0.05) is 42.5 Å². The lowest BCUT2D eigenvalue weighted by atomic mass is 9.95. The number of hydrogen-bond donors (Lipinski definition) is 1. The highest BCUT2D eigenvalue weighted by atomic mass is 16.5. The molecule has 1 amide bonds. The van der Waals surface area contributed by atoms with E-state index < -0.39 is 23.5 Å². The van der Waals surface area contributed by atoms with Gasteiger partial charge in [0.05, 0.1) is 24.8 Å². The monoisotopic (exact) mass is 464 g/mol. The highest BCUT2D eigenvalue weighted by molar-refractivity contribution is 6.14. The Morgan fingerprint density at radius 3 is 2.38 bits per heavy atom. The maximum atomic E-state index is 13.3. The lowest BCUT2D eigenvalue weighted by Crippen LogP contribution is -2.36. The van der Waals surface area contributed by atoms with Gasteiger partial charge in [0.25, 0.3) is 5.91 Å². The number of hydrogen-bond acceptors (Lipinski definition) is 6. The van der Waals surface area contributed by atoms with E-state index >= 15 is 0 Å². The number of allylic oxidation sites excluding steroid dienone is 1. The first kappa shape index (κ1) is 25.1. The van der Waals surface area contributed by atoms with E-state index in [9.17, 15) is 14.7 Å². The largest absolute Gasteiger partial charge is 0.503 e. The van der Waals surface area contributed by atoms with Crippen molar-refractivity contribution in [3.05, 3.63) is 77.1 Å². The van der Waals surface area contributed by atoms with E-state index in [-0.39, 0.29) is 5.57 Å². The molecule has 180 valence electrons. The van der Waals surface area contributed by atoms with Crippen LogP contribution in [-0.2, 0) is 9.59 Å². The van der Waals surface area contributed by atoms with Crippen LogP contribution in [0, 0.1) is 0 Å². The minimum absolute atomic E-state index is 0.0579. The minimum Gasteiger partial charge on any atom is -0.503 e. The molecule has 0 aliphatic carbocycles. The molecular weight excluding hydrogens is 432 g/mol. The fourth-order valence-electron chi connectivity index (χ4n) is 3.85. The number of rotatable bonds is 11. The van der Waals surface area contributed by atoms with E-state index in [1.54, 1.807) is 24.3 Å². The van der Waals surface area contributed by atoms with Gasteiger partial charge in [0.2, 0.25) is 0 Å². The average Bonchev–Trinajstić information content (AvgIpc) is 3.08. The van der Waals surface area contributed by atoms with Crippen molar-refractivity contribution in [3.63, 3.8) is 0 Å². The third-order valence-electron chi connectivity index (χ3n) is 5.47. The maximum absolute atomic E-state index is 13.3. The molecule has 0 radical (unpaired) electrons. The van der Waals surface area contributed by atoms with Crippen LogP contribution < -0.4 is 9.47 Å². The summed E-state index contributed by atoms with van der Waals surface area (Å²) in [6.07, 6.45) is 3.07. The molecule has 0 spiro atoms. The number of carbonyl (C=O) groups is 2. The Morgan fingerprint density at radius 1 is 1.06 bits per heavy atom. The molecule has 1 N–H and O–H groups in total. The second-order valence-corrected chi connectivity index (χ2v) is 8.15. The van der Waals surface area contributed by atoms with Crippen LogP contribution in [0.15, 0.2) is 65.9 Å². The average molecular weight is 465 g/mol. The minimum atomic E-state index is -0.741. The van der Waals surface area contributed by atoms with Crippen molar-refractivity contribution in [1.82, 2.24) is 9.80 Å². The molecule has 3 rings (SSSR count). The summed E-state index contributed by atoms with van der Waals surface area (Å²) in [5.41, 5.74) is 1.57. The van der Waals surface area contributed by atoms with Gasteiger partial charge in [0, 0.05) is 13.1 Å². The second-order valence-electron chi connectivity index (χ2n) is 8.15. The molecular formula is C27H32N2O5. The summed E-state index contributed by atoms with van der Waals surface area (Å²) in [6, 6.07) is 14.0. The van der Waals surface area contributed by atoms with Crippen molar-refractivity contribution < 1.29 is 24.2 Å². The van der Waals surface area contributed by atoms with Crippen molar-refractivity contribution in [2.24, 2.45) is 0 Å². The van der Waals surface area contributed by atoms with Crippen molar-refractivity contribution in [1.29, 1.82) is 0 Å². The van der Waals surface area contributed by atoms with E-state index in [2.05, 4.69) is 0 Å². The molecule has 0 fully saturated rings. The SMILES string of the molecule is CCOc1ccc(C2C(C(=O)/C=C/c3ccccc3)=C(O)C(=O)N2CCN(C)C)cc1OCC. The summed E-state index contributed by atoms with van der Waals surface area (Å²) < 4.78 is 11.4. The summed E-state index contributed by atoms with van der Waals surface area (Å²) in [6.45, 7) is 5.59.